The number of aromatic amines is 1. The van der Waals surface area contributed by atoms with Gasteiger partial charge in [-0.15, -0.1) is 0 Å². The first-order valence-electron chi connectivity index (χ1n) is 14.4. The Bertz CT molecular complexity index is 1710. The highest BCUT2D eigenvalue weighted by atomic mass is 16.7. The molecule has 1 aliphatic rings. The summed E-state index contributed by atoms with van der Waals surface area (Å²) >= 11 is 0. The van der Waals surface area contributed by atoms with Crippen LogP contribution in [-0.2, 0) is 36.2 Å². The standard InChI is InChI=1S/C33H35N3O6/c1-36-27(19-37)30(26(35-36)20-42-29-16-4-5-17-41-29)25-13-7-12-23-24(32(33(38)39)34-31(23)25)14-8-18-40-28-15-6-10-21-9-2-3-11-22(21)28/h2-3,6-7,9-13,15,29,34,37H,4-5,8,14,16-20H2,1H3,(H,38,39). The van der Waals surface area contributed by atoms with Gasteiger partial charge in [0.15, 0.2) is 6.29 Å². The monoisotopic (exact) mass is 569 g/mol. The van der Waals surface area contributed by atoms with Gasteiger partial charge in [-0.25, -0.2) is 4.79 Å². The van der Waals surface area contributed by atoms with E-state index in [1.54, 1.807) is 11.7 Å². The second-order valence-electron chi connectivity index (χ2n) is 10.6. The Hall–Kier alpha value is -4.18. The number of hydrogen-bond donors (Lipinski definition) is 3. The van der Waals surface area contributed by atoms with Crippen molar-refractivity contribution in [3.63, 3.8) is 0 Å². The number of H-pyrrole nitrogens is 1. The summed E-state index contributed by atoms with van der Waals surface area (Å²) in [6.45, 7) is 1.12. The first-order valence-corrected chi connectivity index (χ1v) is 14.4. The number of aryl methyl sites for hydroxylation is 2. The molecule has 3 aromatic carbocycles. The Morgan fingerprint density at radius 3 is 2.71 bits per heavy atom. The first-order chi connectivity index (χ1) is 20.5. The van der Waals surface area contributed by atoms with Crippen molar-refractivity contribution in [2.75, 3.05) is 13.2 Å². The number of benzene rings is 3. The first kappa shape index (κ1) is 28.0. The molecule has 1 saturated heterocycles. The second-order valence-corrected chi connectivity index (χ2v) is 10.6. The lowest BCUT2D eigenvalue weighted by molar-refractivity contribution is -0.169. The minimum absolute atomic E-state index is 0.158. The number of carboxylic acid groups (broad SMARTS) is 1. The second kappa shape index (κ2) is 12.4. The van der Waals surface area contributed by atoms with Gasteiger partial charge in [0.2, 0.25) is 0 Å². The molecule has 0 aliphatic carbocycles. The van der Waals surface area contributed by atoms with Crippen LogP contribution in [0.1, 0.15) is 53.1 Å². The van der Waals surface area contributed by atoms with Gasteiger partial charge in [-0.3, -0.25) is 4.68 Å². The van der Waals surface area contributed by atoms with Crippen LogP contribution in [-0.4, -0.2) is 50.5 Å². The molecule has 0 bridgehead atoms. The van der Waals surface area contributed by atoms with Gasteiger partial charge in [0.25, 0.3) is 0 Å². The van der Waals surface area contributed by atoms with Crippen molar-refractivity contribution >= 4 is 27.6 Å². The highest BCUT2D eigenvalue weighted by Crippen LogP contribution is 2.37. The molecule has 1 fully saturated rings. The molecule has 218 valence electrons. The van der Waals surface area contributed by atoms with Crippen LogP contribution in [0.5, 0.6) is 5.75 Å². The lowest BCUT2D eigenvalue weighted by Crippen LogP contribution is -2.22. The lowest BCUT2D eigenvalue weighted by Gasteiger charge is -2.22. The molecule has 3 heterocycles. The van der Waals surface area contributed by atoms with E-state index in [-0.39, 0.29) is 25.2 Å². The van der Waals surface area contributed by atoms with Crippen LogP contribution >= 0.6 is 0 Å². The van der Waals surface area contributed by atoms with Gasteiger partial charge < -0.3 is 29.4 Å². The lowest BCUT2D eigenvalue weighted by atomic mass is 9.98. The zero-order chi connectivity index (χ0) is 29.1. The number of aromatic nitrogens is 3. The number of para-hydroxylation sites is 1. The van der Waals surface area contributed by atoms with E-state index >= 15 is 0 Å². The molecular formula is C33H35N3O6. The average molecular weight is 570 g/mol. The Morgan fingerprint density at radius 2 is 1.90 bits per heavy atom. The van der Waals surface area contributed by atoms with E-state index in [0.29, 0.717) is 43.0 Å². The highest BCUT2D eigenvalue weighted by molar-refractivity contribution is 6.03. The molecule has 2 aromatic heterocycles. The maximum Gasteiger partial charge on any atom is 0.352 e. The van der Waals surface area contributed by atoms with E-state index in [4.69, 9.17) is 14.2 Å². The largest absolute Gasteiger partial charge is 0.493 e. The summed E-state index contributed by atoms with van der Waals surface area (Å²) in [6, 6.07) is 19.8. The zero-order valence-corrected chi connectivity index (χ0v) is 23.6. The normalized spacial score (nSPS) is 15.4. The molecule has 1 aliphatic heterocycles. The molecule has 6 rings (SSSR count). The van der Waals surface area contributed by atoms with E-state index in [1.165, 1.54) is 0 Å². The van der Waals surface area contributed by atoms with Crippen molar-refractivity contribution in [3.05, 3.63) is 83.3 Å². The average Bonchev–Trinajstić information content (AvgIpc) is 3.55. The minimum Gasteiger partial charge on any atom is -0.493 e. The quantitative estimate of drug-likeness (QED) is 0.168. The number of carbonyl (C=O) groups is 1. The molecule has 9 heteroatoms. The van der Waals surface area contributed by atoms with Crippen LogP contribution in [0.3, 0.4) is 0 Å². The molecule has 9 nitrogen and oxygen atoms in total. The molecule has 3 N–H and O–H groups in total. The zero-order valence-electron chi connectivity index (χ0n) is 23.6. The van der Waals surface area contributed by atoms with Crippen LogP contribution in [0.4, 0.5) is 0 Å². The third-order valence-corrected chi connectivity index (χ3v) is 7.93. The van der Waals surface area contributed by atoms with Crippen molar-refractivity contribution in [2.24, 2.45) is 7.05 Å². The molecule has 1 atom stereocenters. The number of hydrogen-bond acceptors (Lipinski definition) is 6. The van der Waals surface area contributed by atoms with Crippen LogP contribution < -0.4 is 4.74 Å². The van der Waals surface area contributed by atoms with Gasteiger partial charge in [-0.05, 0) is 49.1 Å². The van der Waals surface area contributed by atoms with Crippen LogP contribution in [0.25, 0.3) is 32.8 Å². The van der Waals surface area contributed by atoms with Crippen molar-refractivity contribution in [1.29, 1.82) is 0 Å². The van der Waals surface area contributed by atoms with Crippen molar-refractivity contribution < 1.29 is 29.2 Å². The maximum atomic E-state index is 12.4. The van der Waals surface area contributed by atoms with Crippen molar-refractivity contribution in [2.45, 2.75) is 51.6 Å². The van der Waals surface area contributed by atoms with Gasteiger partial charge in [0.05, 0.1) is 36.7 Å². The summed E-state index contributed by atoms with van der Waals surface area (Å²) in [6.07, 6.45) is 3.78. The Morgan fingerprint density at radius 1 is 1.10 bits per heavy atom. The minimum atomic E-state index is -1.02. The predicted molar refractivity (Wildman–Crippen MR) is 160 cm³/mol. The number of nitrogens with zero attached hydrogens (tertiary/aromatic N) is 2. The van der Waals surface area contributed by atoms with Gasteiger partial charge in [-0.2, -0.15) is 5.10 Å². The fourth-order valence-corrected chi connectivity index (χ4v) is 5.90. The molecule has 0 spiro atoms. The Labute approximate surface area is 243 Å². The number of aromatic carboxylic acids is 1. The number of aliphatic hydroxyl groups excluding tert-OH is 1. The molecule has 42 heavy (non-hydrogen) atoms. The van der Waals surface area contributed by atoms with E-state index < -0.39 is 5.97 Å². The third kappa shape index (κ3) is 5.51. The van der Waals surface area contributed by atoms with Gasteiger partial charge in [0.1, 0.15) is 11.4 Å². The van der Waals surface area contributed by atoms with Crippen LogP contribution in [0, 0.1) is 0 Å². The number of rotatable bonds is 11. The molecule has 1 unspecified atom stereocenters. The Kier molecular flexibility index (Phi) is 8.23. The SMILES string of the molecule is Cn1nc(COC2CCCCO2)c(-c2cccc3c(CCCOc4cccc5ccccc45)c(C(=O)O)[nH]c23)c1CO. The van der Waals surface area contributed by atoms with Crippen molar-refractivity contribution in [1.82, 2.24) is 14.8 Å². The topological polar surface area (TPSA) is 119 Å². The van der Waals surface area contributed by atoms with Gasteiger partial charge >= 0.3 is 5.97 Å². The summed E-state index contributed by atoms with van der Waals surface area (Å²) in [5.74, 6) is -0.206. The Balaban J connectivity index is 1.28. The summed E-state index contributed by atoms with van der Waals surface area (Å²) in [4.78, 5) is 15.5. The van der Waals surface area contributed by atoms with Crippen LogP contribution in [0.15, 0.2) is 60.7 Å². The number of ether oxygens (including phenoxy) is 3. The molecule has 5 aromatic rings. The third-order valence-electron chi connectivity index (χ3n) is 7.93. The highest BCUT2D eigenvalue weighted by Gasteiger charge is 2.25. The summed E-state index contributed by atoms with van der Waals surface area (Å²) in [5.41, 5.74) is 4.38. The molecular weight excluding hydrogens is 534 g/mol. The fraction of sp³-hybridized carbons (Fsp3) is 0.333. The number of nitrogens with one attached hydrogen (secondary N) is 1. The predicted octanol–water partition coefficient (Wildman–Crippen LogP) is 5.97. The molecule has 0 radical (unpaired) electrons. The summed E-state index contributed by atoms with van der Waals surface area (Å²) in [7, 11) is 1.79. The van der Waals surface area contributed by atoms with Crippen molar-refractivity contribution in [3.8, 4) is 16.9 Å². The smallest absolute Gasteiger partial charge is 0.352 e. The van der Waals surface area contributed by atoms with E-state index in [2.05, 4.69) is 22.2 Å². The number of fused-ring (bicyclic) bond motifs is 2. The number of aliphatic hydroxyl groups is 1. The molecule has 0 amide bonds. The fourth-order valence-electron chi connectivity index (χ4n) is 5.90. The maximum absolute atomic E-state index is 12.4. The summed E-state index contributed by atoms with van der Waals surface area (Å²) < 4.78 is 19.6. The van der Waals surface area contributed by atoms with E-state index in [0.717, 1.165) is 57.9 Å². The van der Waals surface area contributed by atoms with Gasteiger partial charge in [-0.1, -0.05) is 54.6 Å². The van der Waals surface area contributed by atoms with Gasteiger partial charge in [0, 0.05) is 35.6 Å². The van der Waals surface area contributed by atoms with E-state index in [1.807, 2.05) is 48.5 Å². The summed E-state index contributed by atoms with van der Waals surface area (Å²) in [5, 5.41) is 28.0. The van der Waals surface area contributed by atoms with Crippen LogP contribution in [0.2, 0.25) is 0 Å². The molecule has 0 saturated carbocycles. The number of carboxylic acids is 1. The van der Waals surface area contributed by atoms with E-state index in [9.17, 15) is 15.0 Å².